The average molecular weight is 242 g/mol. The number of hydrogen-bond acceptors (Lipinski definition) is 3. The molecule has 3 heteroatoms. The van der Waals surface area contributed by atoms with Crippen molar-refractivity contribution in [2.24, 2.45) is 11.8 Å². The zero-order chi connectivity index (χ0) is 12.5. The third-order valence-electron chi connectivity index (χ3n) is 4.01. The second-order valence-corrected chi connectivity index (χ2v) is 5.25. The van der Waals surface area contributed by atoms with E-state index in [4.69, 9.17) is 10.6 Å². The minimum absolute atomic E-state index is 0.423. The van der Waals surface area contributed by atoms with Crippen molar-refractivity contribution in [3.05, 3.63) is 0 Å². The average Bonchev–Trinajstić information content (AvgIpc) is 2.82. The number of nitrogens with one attached hydrogen (secondary N) is 1. The monoisotopic (exact) mass is 242 g/mol. The van der Waals surface area contributed by atoms with Gasteiger partial charge in [-0.15, -0.1) is 0 Å². The van der Waals surface area contributed by atoms with E-state index in [1.807, 2.05) is 0 Å². The van der Waals surface area contributed by atoms with E-state index in [0.29, 0.717) is 18.1 Å². The van der Waals surface area contributed by atoms with E-state index in [9.17, 15) is 0 Å². The molecule has 0 radical (unpaired) electrons. The summed E-state index contributed by atoms with van der Waals surface area (Å²) in [4.78, 5) is 0. The van der Waals surface area contributed by atoms with Gasteiger partial charge in [-0.25, -0.2) is 0 Å². The molecular weight excluding hydrogens is 212 g/mol. The fourth-order valence-corrected chi connectivity index (χ4v) is 2.93. The Morgan fingerprint density at radius 2 is 2.00 bits per heavy atom. The molecule has 1 fully saturated rings. The van der Waals surface area contributed by atoms with Gasteiger partial charge in [-0.2, -0.15) is 0 Å². The van der Waals surface area contributed by atoms with Gasteiger partial charge >= 0.3 is 0 Å². The third kappa shape index (κ3) is 4.94. The lowest BCUT2D eigenvalue weighted by Crippen LogP contribution is -2.43. The molecule has 1 heterocycles. The van der Waals surface area contributed by atoms with Crippen LogP contribution < -0.4 is 11.3 Å². The Labute approximate surface area is 106 Å². The van der Waals surface area contributed by atoms with Crippen LogP contribution in [0.15, 0.2) is 0 Å². The fourth-order valence-electron chi connectivity index (χ4n) is 2.93. The highest BCUT2D eigenvalue weighted by Crippen LogP contribution is 2.28. The van der Waals surface area contributed by atoms with Gasteiger partial charge in [0.15, 0.2) is 0 Å². The number of nitrogens with two attached hydrogens (primary N) is 1. The highest BCUT2D eigenvalue weighted by atomic mass is 16.5. The molecule has 0 spiro atoms. The summed E-state index contributed by atoms with van der Waals surface area (Å²) in [5.74, 6) is 6.33. The van der Waals surface area contributed by atoms with Gasteiger partial charge < -0.3 is 4.74 Å². The van der Waals surface area contributed by atoms with Gasteiger partial charge in [0.1, 0.15) is 0 Å². The summed E-state index contributed by atoms with van der Waals surface area (Å²) in [5.41, 5.74) is 3.02. The van der Waals surface area contributed by atoms with Crippen molar-refractivity contribution < 1.29 is 4.74 Å². The first kappa shape index (κ1) is 14.9. The van der Waals surface area contributed by atoms with Crippen LogP contribution in [-0.2, 0) is 4.74 Å². The highest BCUT2D eigenvalue weighted by molar-refractivity contribution is 4.84. The molecule has 3 unspecified atom stereocenters. The molecule has 17 heavy (non-hydrogen) atoms. The molecule has 0 amide bonds. The van der Waals surface area contributed by atoms with Gasteiger partial charge in [-0.3, -0.25) is 11.3 Å². The Balaban J connectivity index is 2.22. The summed E-state index contributed by atoms with van der Waals surface area (Å²) >= 11 is 0. The SMILES string of the molecule is CCCCCCCC(NN)C1CCOC1CC. The number of unbranched alkanes of at least 4 members (excludes halogenated alkanes) is 4. The van der Waals surface area contributed by atoms with Crippen molar-refractivity contribution in [1.29, 1.82) is 0 Å². The van der Waals surface area contributed by atoms with Crippen LogP contribution in [0.1, 0.15) is 65.2 Å². The molecule has 0 aliphatic carbocycles. The lowest BCUT2D eigenvalue weighted by Gasteiger charge is -2.26. The quantitative estimate of drug-likeness (QED) is 0.371. The maximum atomic E-state index is 5.75. The van der Waals surface area contributed by atoms with Gasteiger partial charge in [0, 0.05) is 18.6 Å². The van der Waals surface area contributed by atoms with E-state index >= 15 is 0 Å². The third-order valence-corrected chi connectivity index (χ3v) is 4.01. The Kier molecular flexibility index (Phi) is 7.82. The molecule has 3 N–H and O–H groups in total. The first-order valence-electron chi connectivity index (χ1n) is 7.41. The topological polar surface area (TPSA) is 47.3 Å². The second kappa shape index (κ2) is 8.90. The summed E-state index contributed by atoms with van der Waals surface area (Å²) in [5, 5.41) is 0. The molecule has 0 aromatic rings. The van der Waals surface area contributed by atoms with Gasteiger partial charge in [-0.1, -0.05) is 46.0 Å². The minimum Gasteiger partial charge on any atom is -0.378 e. The molecule has 0 aromatic carbocycles. The smallest absolute Gasteiger partial charge is 0.0616 e. The predicted molar refractivity (Wildman–Crippen MR) is 72.6 cm³/mol. The minimum atomic E-state index is 0.423. The molecule has 3 atom stereocenters. The van der Waals surface area contributed by atoms with Crippen molar-refractivity contribution in [1.82, 2.24) is 5.43 Å². The maximum Gasteiger partial charge on any atom is 0.0616 e. The number of rotatable bonds is 9. The van der Waals surface area contributed by atoms with Crippen molar-refractivity contribution in [3.63, 3.8) is 0 Å². The molecule has 1 rings (SSSR count). The van der Waals surface area contributed by atoms with E-state index in [-0.39, 0.29) is 0 Å². The van der Waals surface area contributed by atoms with Crippen LogP contribution in [0.5, 0.6) is 0 Å². The van der Waals surface area contributed by atoms with Crippen LogP contribution in [0.4, 0.5) is 0 Å². The molecule has 1 saturated heterocycles. The molecule has 0 saturated carbocycles. The lowest BCUT2D eigenvalue weighted by molar-refractivity contribution is 0.0761. The second-order valence-electron chi connectivity index (χ2n) is 5.25. The predicted octanol–water partition coefficient (Wildman–Crippen LogP) is 2.99. The Bertz CT molecular complexity index is 187. The van der Waals surface area contributed by atoms with Crippen LogP contribution in [0.2, 0.25) is 0 Å². The Morgan fingerprint density at radius 1 is 1.24 bits per heavy atom. The first-order chi connectivity index (χ1) is 8.33. The molecule has 1 aliphatic rings. The zero-order valence-electron chi connectivity index (χ0n) is 11.6. The van der Waals surface area contributed by atoms with Crippen molar-refractivity contribution in [2.75, 3.05) is 6.61 Å². The van der Waals surface area contributed by atoms with Gasteiger partial charge in [-0.05, 0) is 19.3 Å². The highest BCUT2D eigenvalue weighted by Gasteiger charge is 2.32. The van der Waals surface area contributed by atoms with Gasteiger partial charge in [0.2, 0.25) is 0 Å². The van der Waals surface area contributed by atoms with Crippen LogP contribution in [0.25, 0.3) is 0 Å². The van der Waals surface area contributed by atoms with E-state index < -0.39 is 0 Å². The van der Waals surface area contributed by atoms with Crippen LogP contribution in [0.3, 0.4) is 0 Å². The Hall–Kier alpha value is -0.120. The van der Waals surface area contributed by atoms with Crippen molar-refractivity contribution >= 4 is 0 Å². The number of hydrazine groups is 1. The summed E-state index contributed by atoms with van der Waals surface area (Å²) in [6, 6.07) is 0.448. The van der Waals surface area contributed by atoms with Crippen LogP contribution in [-0.4, -0.2) is 18.8 Å². The zero-order valence-corrected chi connectivity index (χ0v) is 11.6. The lowest BCUT2D eigenvalue weighted by atomic mass is 9.88. The van der Waals surface area contributed by atoms with Gasteiger partial charge in [0.25, 0.3) is 0 Å². The molecular formula is C14H30N2O. The van der Waals surface area contributed by atoms with Gasteiger partial charge in [0.05, 0.1) is 6.10 Å². The van der Waals surface area contributed by atoms with Crippen molar-refractivity contribution in [3.8, 4) is 0 Å². The summed E-state index contributed by atoms with van der Waals surface area (Å²) in [6.07, 6.45) is 10.6. The van der Waals surface area contributed by atoms with Crippen LogP contribution >= 0.6 is 0 Å². The number of hydrogen-bond donors (Lipinski definition) is 2. The fraction of sp³-hybridized carbons (Fsp3) is 1.00. The maximum absolute atomic E-state index is 5.75. The molecule has 3 nitrogen and oxygen atoms in total. The summed E-state index contributed by atoms with van der Waals surface area (Å²) in [6.45, 7) is 5.38. The summed E-state index contributed by atoms with van der Waals surface area (Å²) in [7, 11) is 0. The summed E-state index contributed by atoms with van der Waals surface area (Å²) < 4.78 is 5.75. The molecule has 1 aliphatic heterocycles. The Morgan fingerprint density at radius 3 is 2.65 bits per heavy atom. The van der Waals surface area contributed by atoms with E-state index in [2.05, 4.69) is 19.3 Å². The normalized spacial score (nSPS) is 26.3. The molecule has 0 aromatic heterocycles. The molecule has 0 bridgehead atoms. The van der Waals surface area contributed by atoms with E-state index in [0.717, 1.165) is 13.0 Å². The molecule has 102 valence electrons. The standard InChI is InChI=1S/C14H30N2O/c1-3-5-6-7-8-9-13(16-15)12-10-11-17-14(12)4-2/h12-14,16H,3-11,15H2,1-2H3. The largest absolute Gasteiger partial charge is 0.378 e. The number of ether oxygens (including phenoxy) is 1. The van der Waals surface area contributed by atoms with E-state index in [1.54, 1.807) is 0 Å². The van der Waals surface area contributed by atoms with Crippen LogP contribution in [0, 0.1) is 5.92 Å². The van der Waals surface area contributed by atoms with E-state index in [1.165, 1.54) is 44.9 Å². The van der Waals surface area contributed by atoms with Crippen molar-refractivity contribution in [2.45, 2.75) is 77.4 Å². The first-order valence-corrected chi connectivity index (χ1v) is 7.41.